The first-order valence-electron chi connectivity index (χ1n) is 8.18. The Balaban J connectivity index is 0.000000400. The van der Waals surface area contributed by atoms with Gasteiger partial charge in [0.15, 0.2) is 0 Å². The molecular formula is C18H29N3O3. The van der Waals surface area contributed by atoms with Gasteiger partial charge in [-0.25, -0.2) is 9.78 Å². The third kappa shape index (κ3) is 7.26. The number of H-pyrrole nitrogens is 2. The molecule has 0 unspecified atom stereocenters. The van der Waals surface area contributed by atoms with Crippen molar-refractivity contribution < 1.29 is 4.74 Å². The van der Waals surface area contributed by atoms with Crippen molar-refractivity contribution in [2.24, 2.45) is 0 Å². The fourth-order valence-corrected chi connectivity index (χ4v) is 1.72. The maximum atomic E-state index is 11.0. The highest BCUT2D eigenvalue weighted by molar-refractivity contribution is 5.17. The van der Waals surface area contributed by atoms with Crippen molar-refractivity contribution in [2.45, 2.75) is 53.4 Å². The van der Waals surface area contributed by atoms with Crippen LogP contribution in [-0.4, -0.2) is 22.1 Å². The summed E-state index contributed by atoms with van der Waals surface area (Å²) >= 11 is 0. The number of aromatic amines is 2. The predicted molar refractivity (Wildman–Crippen MR) is 98.0 cm³/mol. The van der Waals surface area contributed by atoms with Crippen LogP contribution in [0.15, 0.2) is 34.0 Å². The number of aromatic nitrogens is 3. The van der Waals surface area contributed by atoms with Gasteiger partial charge in [-0.15, -0.1) is 0 Å². The van der Waals surface area contributed by atoms with Gasteiger partial charge in [-0.3, -0.25) is 9.78 Å². The highest BCUT2D eigenvalue weighted by atomic mass is 16.5. The maximum Gasteiger partial charge on any atom is 0.325 e. The molecule has 0 aromatic carbocycles. The molecule has 0 atom stereocenters. The normalized spacial score (nSPS) is 9.71. The summed E-state index contributed by atoms with van der Waals surface area (Å²) in [6.45, 7) is 12.0. The summed E-state index contributed by atoms with van der Waals surface area (Å²) in [7, 11) is 1.63. The number of rotatable bonds is 3. The van der Waals surface area contributed by atoms with E-state index in [-0.39, 0.29) is 11.5 Å². The van der Waals surface area contributed by atoms with Gasteiger partial charge in [-0.2, -0.15) is 0 Å². The largest absolute Gasteiger partial charge is 0.481 e. The van der Waals surface area contributed by atoms with E-state index in [1.54, 1.807) is 7.11 Å². The lowest BCUT2D eigenvalue weighted by atomic mass is 10.1. The van der Waals surface area contributed by atoms with Gasteiger partial charge in [0.05, 0.1) is 7.11 Å². The highest BCUT2D eigenvalue weighted by Gasteiger charge is 2.03. The molecule has 0 fully saturated rings. The minimum absolute atomic E-state index is 0.135. The minimum Gasteiger partial charge on any atom is -0.481 e. The summed E-state index contributed by atoms with van der Waals surface area (Å²) in [6.07, 6.45) is 1.45. The topological polar surface area (TPSA) is 87.8 Å². The van der Waals surface area contributed by atoms with E-state index in [1.807, 2.05) is 45.9 Å². The van der Waals surface area contributed by atoms with Crippen LogP contribution in [0.25, 0.3) is 0 Å². The number of nitrogens with one attached hydrogen (secondary N) is 2. The summed E-state index contributed by atoms with van der Waals surface area (Å²) in [5, 5.41) is 0. The number of hydrogen-bond donors (Lipinski definition) is 2. The molecule has 134 valence electrons. The first-order valence-corrected chi connectivity index (χ1v) is 8.18. The lowest BCUT2D eigenvalue weighted by Gasteiger charge is -2.04. The smallest absolute Gasteiger partial charge is 0.325 e. The highest BCUT2D eigenvalue weighted by Crippen LogP contribution is 2.14. The molecule has 2 heterocycles. The predicted octanol–water partition coefficient (Wildman–Crippen LogP) is 3.43. The molecule has 0 amide bonds. The molecular weight excluding hydrogens is 306 g/mol. The van der Waals surface area contributed by atoms with Crippen molar-refractivity contribution in [3.05, 3.63) is 56.5 Å². The molecule has 2 aromatic heterocycles. The second-order valence-corrected chi connectivity index (χ2v) is 5.44. The second-order valence-electron chi connectivity index (χ2n) is 5.44. The third-order valence-electron chi connectivity index (χ3n) is 3.02. The van der Waals surface area contributed by atoms with E-state index in [4.69, 9.17) is 4.74 Å². The lowest BCUT2D eigenvalue weighted by Crippen LogP contribution is -2.24. The Morgan fingerprint density at radius 3 is 2.12 bits per heavy atom. The molecule has 2 N–H and O–H groups in total. The van der Waals surface area contributed by atoms with Crippen molar-refractivity contribution in [1.82, 2.24) is 15.0 Å². The number of pyridine rings is 1. The van der Waals surface area contributed by atoms with E-state index >= 15 is 0 Å². The van der Waals surface area contributed by atoms with Crippen LogP contribution < -0.4 is 16.0 Å². The molecule has 0 saturated heterocycles. The van der Waals surface area contributed by atoms with Crippen molar-refractivity contribution in [1.29, 1.82) is 0 Å². The van der Waals surface area contributed by atoms with Crippen LogP contribution in [0.5, 0.6) is 5.88 Å². The monoisotopic (exact) mass is 335 g/mol. The number of hydrogen-bond acceptors (Lipinski definition) is 4. The van der Waals surface area contributed by atoms with Crippen LogP contribution >= 0.6 is 0 Å². The van der Waals surface area contributed by atoms with Gasteiger partial charge >= 0.3 is 5.69 Å². The summed E-state index contributed by atoms with van der Waals surface area (Å²) in [6, 6.07) is 5.82. The van der Waals surface area contributed by atoms with E-state index in [2.05, 4.69) is 28.8 Å². The van der Waals surface area contributed by atoms with E-state index in [9.17, 15) is 9.59 Å². The summed E-state index contributed by atoms with van der Waals surface area (Å²) in [4.78, 5) is 30.4. The Morgan fingerprint density at radius 1 is 1.04 bits per heavy atom. The van der Waals surface area contributed by atoms with E-state index < -0.39 is 5.69 Å². The number of methoxy groups -OCH3 is 1. The Kier molecular flexibility index (Phi) is 10.1. The quantitative estimate of drug-likeness (QED) is 0.899. The van der Waals surface area contributed by atoms with Crippen LogP contribution in [0.2, 0.25) is 0 Å². The zero-order chi connectivity index (χ0) is 18.7. The van der Waals surface area contributed by atoms with Crippen LogP contribution in [0.4, 0.5) is 0 Å². The van der Waals surface area contributed by atoms with Gasteiger partial charge < -0.3 is 9.72 Å². The van der Waals surface area contributed by atoms with Crippen LogP contribution in [0.3, 0.4) is 0 Å². The molecule has 0 aliphatic carbocycles. The van der Waals surface area contributed by atoms with Gasteiger partial charge in [-0.05, 0) is 17.9 Å². The summed E-state index contributed by atoms with van der Waals surface area (Å²) in [5.74, 6) is 1.29. The number of nitrogens with zero attached hydrogens (tertiary/aromatic N) is 1. The molecule has 0 saturated carbocycles. The minimum atomic E-state index is -0.459. The molecule has 6 nitrogen and oxygen atoms in total. The van der Waals surface area contributed by atoms with Gasteiger partial charge in [0.1, 0.15) is 0 Å². The molecule has 0 bridgehead atoms. The van der Waals surface area contributed by atoms with Crippen molar-refractivity contribution in [2.75, 3.05) is 7.11 Å². The molecule has 0 aliphatic rings. The Morgan fingerprint density at radius 2 is 1.67 bits per heavy atom. The average molecular weight is 335 g/mol. The second kappa shape index (κ2) is 11.2. The molecule has 0 aliphatic heterocycles. The van der Waals surface area contributed by atoms with E-state index in [0.717, 1.165) is 5.69 Å². The van der Waals surface area contributed by atoms with Crippen molar-refractivity contribution in [3.63, 3.8) is 0 Å². The molecule has 2 aromatic rings. The lowest BCUT2D eigenvalue weighted by molar-refractivity contribution is 0.395. The standard InChI is InChI=1S/C9H13NO.C7H10N2O2.C2H6/c1-7(2)8-5-4-6-9(10-8)11-3;1-4(2)5-3-8-7(11)9-6(5)10;1-2/h4-7H,1-3H3;3-4H,1-2H3,(H2,8,9,10,11);1-2H3. The third-order valence-corrected chi connectivity index (χ3v) is 3.02. The Labute approximate surface area is 143 Å². The zero-order valence-electron chi connectivity index (χ0n) is 15.6. The average Bonchev–Trinajstić information content (AvgIpc) is 2.57. The molecule has 24 heavy (non-hydrogen) atoms. The summed E-state index contributed by atoms with van der Waals surface area (Å²) < 4.78 is 4.99. The summed E-state index contributed by atoms with van der Waals surface area (Å²) in [5.41, 5.74) is 0.914. The maximum absolute atomic E-state index is 11.0. The molecule has 2 rings (SSSR count). The fraction of sp³-hybridized carbons (Fsp3) is 0.500. The molecule has 0 spiro atoms. The van der Waals surface area contributed by atoms with E-state index in [1.165, 1.54) is 6.20 Å². The Bertz CT molecular complexity index is 703. The van der Waals surface area contributed by atoms with Gasteiger partial charge in [0, 0.05) is 23.5 Å². The van der Waals surface area contributed by atoms with Gasteiger partial charge in [-0.1, -0.05) is 47.6 Å². The van der Waals surface area contributed by atoms with Crippen LogP contribution in [-0.2, 0) is 0 Å². The molecule has 0 radical (unpaired) electrons. The first-order chi connectivity index (χ1) is 11.3. The van der Waals surface area contributed by atoms with Crippen molar-refractivity contribution >= 4 is 0 Å². The van der Waals surface area contributed by atoms with Crippen molar-refractivity contribution in [3.8, 4) is 5.88 Å². The van der Waals surface area contributed by atoms with Crippen LogP contribution in [0, 0.1) is 0 Å². The fourth-order valence-electron chi connectivity index (χ4n) is 1.72. The van der Waals surface area contributed by atoms with Gasteiger partial charge in [0.2, 0.25) is 5.88 Å². The van der Waals surface area contributed by atoms with Gasteiger partial charge in [0.25, 0.3) is 5.56 Å². The first kappa shape index (κ1) is 21.6. The number of ether oxygens (including phenoxy) is 1. The molecule has 6 heteroatoms. The Hall–Kier alpha value is -2.37. The SMILES string of the molecule is CC.CC(C)c1c[nH]c(=O)[nH]c1=O.COc1cccc(C(C)C)n1. The van der Waals surface area contributed by atoms with Crippen LogP contribution in [0.1, 0.15) is 64.6 Å². The zero-order valence-corrected chi connectivity index (χ0v) is 15.6. The van der Waals surface area contributed by atoms with E-state index in [0.29, 0.717) is 17.4 Å².